The van der Waals surface area contributed by atoms with E-state index in [0.717, 1.165) is 24.2 Å². The van der Waals surface area contributed by atoms with Crippen molar-refractivity contribution < 1.29 is 33.3 Å². The van der Waals surface area contributed by atoms with Gasteiger partial charge in [-0.3, -0.25) is 9.59 Å². The van der Waals surface area contributed by atoms with E-state index in [1.807, 2.05) is 20.8 Å². The van der Waals surface area contributed by atoms with Crippen molar-refractivity contribution in [1.82, 2.24) is 16.0 Å². The molecule has 278 valence electrons. The molecular weight excluding hydrogens is 598 g/mol. The molecule has 3 atom stereocenters. The Morgan fingerprint density at radius 3 is 1.34 bits per heavy atom. The van der Waals surface area contributed by atoms with E-state index < -0.39 is 11.7 Å². The maximum atomic E-state index is 12.2. The minimum Gasteiger partial charge on any atom is -0.444 e. The van der Waals surface area contributed by atoms with Gasteiger partial charge >= 0.3 is 6.09 Å². The van der Waals surface area contributed by atoms with Gasteiger partial charge in [-0.1, -0.05) is 92.4 Å². The van der Waals surface area contributed by atoms with Gasteiger partial charge in [0.1, 0.15) is 5.60 Å². The van der Waals surface area contributed by atoms with Crippen LogP contribution in [0.4, 0.5) is 4.79 Å². The molecule has 10 heteroatoms. The number of amides is 3. The second-order valence-corrected chi connectivity index (χ2v) is 14.8. The number of alkyl carbamates (subject to hydrolysis) is 1. The first-order chi connectivity index (χ1) is 22.3. The smallest absolute Gasteiger partial charge is 0.407 e. The number of rotatable bonds is 30. The minimum absolute atomic E-state index is 0.0731. The first-order valence-corrected chi connectivity index (χ1v) is 18.5. The quantitative estimate of drug-likeness (QED) is 0.0700. The fraction of sp³-hybridized carbons (Fsp3) is 0.919. The first kappa shape index (κ1) is 45.1. The van der Waals surface area contributed by atoms with Crippen LogP contribution in [0.1, 0.15) is 132 Å². The van der Waals surface area contributed by atoms with Crippen molar-refractivity contribution in [2.24, 2.45) is 23.7 Å². The van der Waals surface area contributed by atoms with E-state index in [1.54, 1.807) is 0 Å². The lowest BCUT2D eigenvalue weighted by Crippen LogP contribution is -2.34. The zero-order valence-electron chi connectivity index (χ0n) is 31.5. The van der Waals surface area contributed by atoms with Gasteiger partial charge in [-0.15, -0.1) is 0 Å². The van der Waals surface area contributed by atoms with Crippen LogP contribution < -0.4 is 16.0 Å². The minimum atomic E-state index is -0.521. The molecule has 0 aromatic heterocycles. The van der Waals surface area contributed by atoms with Crippen molar-refractivity contribution in [3.05, 3.63) is 0 Å². The molecule has 3 unspecified atom stereocenters. The van der Waals surface area contributed by atoms with Gasteiger partial charge in [0.25, 0.3) is 0 Å². The molecule has 0 spiro atoms. The largest absolute Gasteiger partial charge is 0.444 e. The number of ether oxygens (including phenoxy) is 4. The third-order valence-electron chi connectivity index (χ3n) is 8.03. The van der Waals surface area contributed by atoms with Crippen LogP contribution in [-0.4, -0.2) is 82.8 Å². The van der Waals surface area contributed by atoms with Crippen molar-refractivity contribution in [2.75, 3.05) is 59.3 Å². The number of hydrogen-bond donors (Lipinski definition) is 3. The Bertz CT molecular complexity index is 788. The maximum absolute atomic E-state index is 12.2. The Balaban J connectivity index is 3.56. The molecule has 0 aliphatic heterocycles. The van der Waals surface area contributed by atoms with Crippen molar-refractivity contribution in [3.8, 4) is 0 Å². The topological polar surface area (TPSA) is 124 Å². The Kier molecular flexibility index (Phi) is 27.9. The van der Waals surface area contributed by atoms with Crippen molar-refractivity contribution >= 4 is 17.9 Å². The van der Waals surface area contributed by atoms with Crippen LogP contribution in [0.5, 0.6) is 0 Å². The van der Waals surface area contributed by atoms with E-state index >= 15 is 0 Å². The molecule has 0 heterocycles. The Morgan fingerprint density at radius 1 is 0.511 bits per heavy atom. The fourth-order valence-electron chi connectivity index (χ4n) is 5.14. The molecule has 0 bridgehead atoms. The van der Waals surface area contributed by atoms with Gasteiger partial charge in [-0.05, 0) is 50.9 Å². The third kappa shape index (κ3) is 33.8. The number of carbonyl (C=O) groups is 3. The zero-order chi connectivity index (χ0) is 35.3. The normalized spacial score (nSPS) is 13.6. The van der Waals surface area contributed by atoms with Crippen LogP contribution >= 0.6 is 0 Å². The molecule has 0 aliphatic rings. The average molecular weight is 672 g/mol. The lowest BCUT2D eigenvalue weighted by molar-refractivity contribution is -0.126. The van der Waals surface area contributed by atoms with Crippen LogP contribution in [0.15, 0.2) is 0 Å². The molecule has 3 N–H and O–H groups in total. The molecular formula is C37H73N3O7. The summed E-state index contributed by atoms with van der Waals surface area (Å²) in [5, 5.41) is 8.37. The fourth-order valence-corrected chi connectivity index (χ4v) is 5.14. The number of nitrogens with one attached hydrogen (secondary N) is 3. The molecule has 0 saturated carbocycles. The third-order valence-corrected chi connectivity index (χ3v) is 8.03. The maximum Gasteiger partial charge on any atom is 0.407 e. The lowest BCUT2D eigenvalue weighted by Gasteiger charge is -2.19. The van der Waals surface area contributed by atoms with Crippen LogP contribution in [0.2, 0.25) is 0 Å². The van der Waals surface area contributed by atoms with E-state index in [9.17, 15) is 14.4 Å². The molecule has 0 aromatic rings. The Morgan fingerprint density at radius 2 is 0.894 bits per heavy atom. The standard InChI is InChI=1S/C37H73N3O7/c1-30(2)12-9-13-31(3)14-10-15-32(4)16-11-17-33(5)20-21-38-34(41)18-19-35(42)39-22-24-44-26-28-46-29-27-45-25-23-40-36(43)47-37(6,7)8/h30-33H,9-29H2,1-8H3,(H,38,41)(H,39,42)(H,40,43). The predicted octanol–water partition coefficient (Wildman–Crippen LogP) is 7.04. The SMILES string of the molecule is CC(C)CCCC(C)CCCC(C)CCCC(C)CCNC(=O)CCC(=O)NCCOCCOCCOCCNC(=O)OC(C)(C)C. The van der Waals surface area contributed by atoms with Crippen molar-refractivity contribution in [3.63, 3.8) is 0 Å². The second kappa shape index (κ2) is 29.0. The lowest BCUT2D eigenvalue weighted by atomic mass is 9.91. The van der Waals surface area contributed by atoms with Crippen LogP contribution in [-0.2, 0) is 28.5 Å². The number of carbonyl (C=O) groups excluding carboxylic acids is 3. The molecule has 0 radical (unpaired) electrons. The molecule has 0 fully saturated rings. The highest BCUT2D eigenvalue weighted by Crippen LogP contribution is 2.22. The van der Waals surface area contributed by atoms with E-state index in [-0.39, 0.29) is 24.7 Å². The van der Waals surface area contributed by atoms with Crippen LogP contribution in [0.3, 0.4) is 0 Å². The molecule has 3 amide bonds. The summed E-state index contributed by atoms with van der Waals surface area (Å²) in [6.45, 7) is 21.0. The monoisotopic (exact) mass is 672 g/mol. The molecule has 0 aromatic carbocycles. The highest BCUT2D eigenvalue weighted by atomic mass is 16.6. The average Bonchev–Trinajstić information content (AvgIpc) is 2.97. The molecule has 0 saturated heterocycles. The summed E-state index contributed by atoms with van der Waals surface area (Å²) in [5.41, 5.74) is -0.521. The highest BCUT2D eigenvalue weighted by molar-refractivity contribution is 5.83. The Hall–Kier alpha value is -1.91. The van der Waals surface area contributed by atoms with E-state index in [1.165, 1.54) is 57.8 Å². The van der Waals surface area contributed by atoms with Gasteiger partial charge < -0.3 is 34.9 Å². The molecule has 0 aliphatic carbocycles. The van der Waals surface area contributed by atoms with Crippen LogP contribution in [0, 0.1) is 23.7 Å². The van der Waals surface area contributed by atoms with Crippen molar-refractivity contribution in [1.29, 1.82) is 0 Å². The van der Waals surface area contributed by atoms with Gasteiger partial charge in [-0.25, -0.2) is 4.79 Å². The van der Waals surface area contributed by atoms with E-state index in [0.29, 0.717) is 65.2 Å². The summed E-state index contributed by atoms with van der Waals surface area (Å²) >= 11 is 0. The molecule has 0 rings (SSSR count). The zero-order valence-corrected chi connectivity index (χ0v) is 31.5. The highest BCUT2D eigenvalue weighted by Gasteiger charge is 2.15. The van der Waals surface area contributed by atoms with Crippen LogP contribution in [0.25, 0.3) is 0 Å². The van der Waals surface area contributed by atoms with Gasteiger partial charge in [-0.2, -0.15) is 0 Å². The van der Waals surface area contributed by atoms with E-state index in [2.05, 4.69) is 50.6 Å². The summed E-state index contributed by atoms with van der Waals surface area (Å²) in [4.78, 5) is 35.7. The van der Waals surface area contributed by atoms with Gasteiger partial charge in [0.2, 0.25) is 11.8 Å². The van der Waals surface area contributed by atoms with Crippen molar-refractivity contribution in [2.45, 2.75) is 138 Å². The van der Waals surface area contributed by atoms with Gasteiger partial charge in [0, 0.05) is 32.5 Å². The van der Waals surface area contributed by atoms with E-state index in [4.69, 9.17) is 18.9 Å². The summed E-state index contributed by atoms with van der Waals surface area (Å²) in [6, 6.07) is 0. The molecule has 47 heavy (non-hydrogen) atoms. The van der Waals surface area contributed by atoms with Gasteiger partial charge in [0.15, 0.2) is 0 Å². The summed E-state index contributed by atoms with van der Waals surface area (Å²) in [5.74, 6) is 2.84. The predicted molar refractivity (Wildman–Crippen MR) is 190 cm³/mol. The second-order valence-electron chi connectivity index (χ2n) is 14.8. The summed E-state index contributed by atoms with van der Waals surface area (Å²) < 4.78 is 21.4. The number of hydrogen-bond acceptors (Lipinski definition) is 7. The Labute approximate surface area is 287 Å². The first-order valence-electron chi connectivity index (χ1n) is 18.5. The summed E-state index contributed by atoms with van der Waals surface area (Å²) in [7, 11) is 0. The van der Waals surface area contributed by atoms with Gasteiger partial charge in [0.05, 0.1) is 39.6 Å². The molecule has 10 nitrogen and oxygen atoms in total. The summed E-state index contributed by atoms with van der Waals surface area (Å²) in [6.07, 6.45) is 12.8.